The Morgan fingerprint density at radius 3 is 2.35 bits per heavy atom. The van der Waals surface area contributed by atoms with E-state index in [0.29, 0.717) is 10.8 Å². The molecule has 2 unspecified atom stereocenters. The number of nitrogens with one attached hydrogen (secondary N) is 2. The predicted molar refractivity (Wildman–Crippen MR) is 152 cm³/mol. The molecule has 0 saturated carbocycles. The van der Waals surface area contributed by atoms with Crippen LogP contribution in [0.3, 0.4) is 0 Å². The summed E-state index contributed by atoms with van der Waals surface area (Å²) in [6.07, 6.45) is 2.93. The van der Waals surface area contributed by atoms with Crippen molar-refractivity contribution >= 4 is 38.7 Å². The second-order valence-corrected chi connectivity index (χ2v) is 11.5. The molecule has 4 aromatic rings. The van der Waals surface area contributed by atoms with Crippen molar-refractivity contribution in [3.8, 4) is 0 Å². The van der Waals surface area contributed by atoms with E-state index < -0.39 is 10.0 Å². The molecule has 0 spiro atoms. The van der Waals surface area contributed by atoms with Gasteiger partial charge in [-0.3, -0.25) is 9.71 Å². The lowest BCUT2D eigenvalue weighted by molar-refractivity contribution is 0.563. The zero-order valence-corrected chi connectivity index (χ0v) is 22.6. The Kier molecular flexibility index (Phi) is 6.74. The van der Waals surface area contributed by atoms with Gasteiger partial charge in [0.1, 0.15) is 0 Å². The van der Waals surface area contributed by atoms with Gasteiger partial charge in [0.25, 0.3) is 0 Å². The molecule has 5 rings (SSSR count). The minimum atomic E-state index is -3.36. The summed E-state index contributed by atoms with van der Waals surface area (Å²) >= 11 is 5.85. The number of rotatable bonds is 7. The van der Waals surface area contributed by atoms with Gasteiger partial charge < -0.3 is 14.8 Å². The van der Waals surface area contributed by atoms with Crippen LogP contribution in [0.4, 0.5) is 11.4 Å². The van der Waals surface area contributed by atoms with Crippen molar-refractivity contribution in [3.63, 3.8) is 0 Å². The average Bonchev–Trinajstić information content (AvgIpc) is 3.36. The molecular formula is C28H29N5O2S2. The smallest absolute Gasteiger partial charge is 0.229 e. The Hall–Kier alpha value is -3.69. The van der Waals surface area contributed by atoms with Crippen molar-refractivity contribution in [1.29, 1.82) is 0 Å². The van der Waals surface area contributed by atoms with Crippen LogP contribution in [0, 0.1) is 13.8 Å². The highest BCUT2D eigenvalue weighted by molar-refractivity contribution is 7.92. The van der Waals surface area contributed by atoms with Crippen LogP contribution in [0.15, 0.2) is 85.1 Å². The molecule has 7 nitrogen and oxygen atoms in total. The number of pyridine rings is 1. The molecule has 0 aliphatic carbocycles. The summed E-state index contributed by atoms with van der Waals surface area (Å²) in [5.41, 5.74) is 7.01. The largest absolute Gasteiger partial charge is 0.351 e. The molecule has 1 saturated heterocycles. The summed E-state index contributed by atoms with van der Waals surface area (Å²) in [6, 6.07) is 25.5. The number of aromatic nitrogens is 2. The van der Waals surface area contributed by atoms with Gasteiger partial charge in [-0.2, -0.15) is 0 Å². The summed E-state index contributed by atoms with van der Waals surface area (Å²) in [5, 5.41) is 4.09. The Morgan fingerprint density at radius 1 is 1.00 bits per heavy atom. The van der Waals surface area contributed by atoms with Crippen molar-refractivity contribution in [2.24, 2.45) is 0 Å². The quantitative estimate of drug-likeness (QED) is 0.323. The molecule has 190 valence electrons. The maximum Gasteiger partial charge on any atom is 0.229 e. The second kappa shape index (κ2) is 9.99. The van der Waals surface area contributed by atoms with E-state index in [1.54, 1.807) is 18.3 Å². The number of hydrogen-bond acceptors (Lipinski definition) is 4. The lowest BCUT2D eigenvalue weighted by Crippen LogP contribution is -2.29. The fourth-order valence-corrected chi connectivity index (χ4v) is 5.90. The molecule has 2 aromatic heterocycles. The fraction of sp³-hybridized carbons (Fsp3) is 0.214. The lowest BCUT2D eigenvalue weighted by Gasteiger charge is -2.28. The normalized spacial score (nSPS) is 17.6. The fourth-order valence-electron chi connectivity index (χ4n) is 4.99. The Labute approximate surface area is 223 Å². The summed E-state index contributed by atoms with van der Waals surface area (Å²) in [4.78, 5) is 6.75. The van der Waals surface area contributed by atoms with Crippen LogP contribution >= 0.6 is 12.2 Å². The number of nitrogens with zero attached hydrogens (tertiary/aromatic N) is 3. The highest BCUT2D eigenvalue weighted by Crippen LogP contribution is 2.43. The molecule has 1 aliphatic heterocycles. The zero-order chi connectivity index (χ0) is 26.2. The van der Waals surface area contributed by atoms with Crippen molar-refractivity contribution in [2.75, 3.05) is 15.9 Å². The van der Waals surface area contributed by atoms with Crippen molar-refractivity contribution in [3.05, 3.63) is 113 Å². The van der Waals surface area contributed by atoms with E-state index in [-0.39, 0.29) is 12.1 Å². The standard InChI is InChI=1S/C28H29N5O2S2/c1-19-17-24(20(2)32(19)18-21-9-5-4-6-10-21)27-26(25-11-7-8-16-29-25)30-28(36)33(27)23-14-12-22(13-15-23)31-37(3,34)35/h4-17,26-27,31H,18H2,1-3H3,(H,30,36). The van der Waals surface area contributed by atoms with Gasteiger partial charge >= 0.3 is 0 Å². The van der Waals surface area contributed by atoms with E-state index in [2.05, 4.69) is 68.7 Å². The second-order valence-electron chi connectivity index (χ2n) is 9.32. The van der Waals surface area contributed by atoms with E-state index in [4.69, 9.17) is 12.2 Å². The molecule has 9 heteroatoms. The molecule has 2 atom stereocenters. The van der Waals surface area contributed by atoms with Crippen molar-refractivity contribution in [2.45, 2.75) is 32.5 Å². The number of aryl methyl sites for hydroxylation is 1. The summed E-state index contributed by atoms with van der Waals surface area (Å²) in [5.74, 6) is 0. The molecule has 0 amide bonds. The third-order valence-corrected chi connectivity index (χ3v) is 7.58. The summed E-state index contributed by atoms with van der Waals surface area (Å²) in [7, 11) is -3.36. The van der Waals surface area contributed by atoms with Gasteiger partial charge in [0.05, 0.1) is 24.0 Å². The first-order valence-electron chi connectivity index (χ1n) is 12.0. The van der Waals surface area contributed by atoms with Gasteiger partial charge in [-0.25, -0.2) is 8.42 Å². The maximum atomic E-state index is 11.7. The summed E-state index contributed by atoms with van der Waals surface area (Å²) < 4.78 is 28.2. The molecule has 2 aromatic carbocycles. The topological polar surface area (TPSA) is 79.3 Å². The van der Waals surface area contributed by atoms with Gasteiger partial charge in [0, 0.05) is 35.5 Å². The van der Waals surface area contributed by atoms with Crippen LogP contribution in [0.25, 0.3) is 0 Å². The minimum Gasteiger partial charge on any atom is -0.351 e. The third kappa shape index (κ3) is 5.23. The van der Waals surface area contributed by atoms with E-state index >= 15 is 0 Å². The van der Waals surface area contributed by atoms with Crippen molar-refractivity contribution in [1.82, 2.24) is 14.9 Å². The zero-order valence-electron chi connectivity index (χ0n) is 20.9. The highest BCUT2D eigenvalue weighted by Gasteiger charge is 2.42. The minimum absolute atomic E-state index is 0.146. The molecule has 0 bridgehead atoms. The van der Waals surface area contributed by atoms with Crippen LogP contribution in [-0.2, 0) is 16.6 Å². The van der Waals surface area contributed by atoms with Gasteiger partial charge in [0.15, 0.2) is 5.11 Å². The van der Waals surface area contributed by atoms with E-state index in [9.17, 15) is 8.42 Å². The van der Waals surface area contributed by atoms with Crippen LogP contribution in [-0.4, -0.2) is 29.3 Å². The molecule has 37 heavy (non-hydrogen) atoms. The Balaban J connectivity index is 1.58. The van der Waals surface area contributed by atoms with E-state index in [1.165, 1.54) is 17.0 Å². The average molecular weight is 532 g/mol. The third-order valence-electron chi connectivity index (χ3n) is 6.66. The van der Waals surface area contributed by atoms with Gasteiger partial charge in [0.2, 0.25) is 10.0 Å². The highest BCUT2D eigenvalue weighted by atomic mass is 32.2. The van der Waals surface area contributed by atoms with Gasteiger partial charge in [-0.15, -0.1) is 0 Å². The monoisotopic (exact) mass is 531 g/mol. The van der Waals surface area contributed by atoms with Gasteiger partial charge in [-0.1, -0.05) is 36.4 Å². The number of hydrogen-bond donors (Lipinski definition) is 2. The van der Waals surface area contributed by atoms with E-state index in [1.807, 2.05) is 36.4 Å². The molecule has 1 fully saturated rings. The van der Waals surface area contributed by atoms with Crippen LogP contribution in [0.1, 0.15) is 40.3 Å². The summed E-state index contributed by atoms with van der Waals surface area (Å²) in [6.45, 7) is 5.06. The number of thiocarbonyl (C=S) groups is 1. The van der Waals surface area contributed by atoms with Crippen molar-refractivity contribution < 1.29 is 8.42 Å². The lowest BCUT2D eigenvalue weighted by atomic mass is 9.96. The number of anilines is 2. The Bertz CT molecular complexity index is 1520. The first kappa shape index (κ1) is 25.0. The molecule has 1 aliphatic rings. The Morgan fingerprint density at radius 2 is 1.70 bits per heavy atom. The number of benzene rings is 2. The van der Waals surface area contributed by atoms with Crippen LogP contribution in [0.5, 0.6) is 0 Å². The van der Waals surface area contributed by atoms with Crippen LogP contribution < -0.4 is 14.9 Å². The molecular weight excluding hydrogens is 502 g/mol. The van der Waals surface area contributed by atoms with Crippen LogP contribution in [0.2, 0.25) is 0 Å². The first-order chi connectivity index (χ1) is 17.7. The predicted octanol–water partition coefficient (Wildman–Crippen LogP) is 5.10. The SMILES string of the molecule is Cc1cc(C2C(c3ccccn3)NC(=S)N2c2ccc(NS(C)(=O)=O)cc2)c(C)n1Cc1ccccc1. The molecule has 0 radical (unpaired) electrons. The van der Waals surface area contributed by atoms with E-state index in [0.717, 1.165) is 29.7 Å². The maximum absolute atomic E-state index is 11.7. The molecule has 2 N–H and O–H groups in total. The first-order valence-corrected chi connectivity index (χ1v) is 14.3. The molecule has 3 heterocycles. The number of sulfonamides is 1. The van der Waals surface area contributed by atoms with Gasteiger partial charge in [-0.05, 0) is 79.7 Å².